The van der Waals surface area contributed by atoms with Gasteiger partial charge in [-0.3, -0.25) is 9.59 Å². The summed E-state index contributed by atoms with van der Waals surface area (Å²) in [4.78, 5) is 24.1. The highest BCUT2D eigenvalue weighted by Crippen LogP contribution is 2.19. The molecule has 0 fully saturated rings. The number of hydrogen-bond acceptors (Lipinski definition) is 5. The fraction of sp³-hybridized carbons (Fsp3) is 0.250. The smallest absolute Gasteiger partial charge is 0.307 e. The van der Waals surface area contributed by atoms with Crippen LogP contribution in [0.2, 0.25) is 0 Å². The molecule has 0 bridgehead atoms. The van der Waals surface area contributed by atoms with Gasteiger partial charge in [0.25, 0.3) is 5.91 Å². The van der Waals surface area contributed by atoms with Gasteiger partial charge in [-0.1, -0.05) is 12.1 Å². The molecule has 1 amide bonds. The SMILES string of the molecule is COC(=O)C[C@H](NC(=O)[C@H](C)Oc1ccc(C#N)cc1)c1ccc(F)cc1. The van der Waals surface area contributed by atoms with Crippen molar-refractivity contribution in [2.24, 2.45) is 0 Å². The average Bonchev–Trinajstić information content (AvgIpc) is 2.68. The van der Waals surface area contributed by atoms with Gasteiger partial charge in [-0.05, 0) is 48.9 Å². The summed E-state index contributed by atoms with van der Waals surface area (Å²) in [5, 5.41) is 11.5. The van der Waals surface area contributed by atoms with Crippen LogP contribution in [0.25, 0.3) is 0 Å². The van der Waals surface area contributed by atoms with E-state index in [4.69, 9.17) is 10.00 Å². The largest absolute Gasteiger partial charge is 0.481 e. The van der Waals surface area contributed by atoms with E-state index in [0.717, 1.165) is 0 Å². The zero-order valence-electron chi connectivity index (χ0n) is 14.9. The lowest BCUT2D eigenvalue weighted by Crippen LogP contribution is -2.39. The van der Waals surface area contributed by atoms with Crippen LogP contribution in [0.15, 0.2) is 48.5 Å². The molecule has 2 aromatic rings. The van der Waals surface area contributed by atoms with Crippen LogP contribution in [-0.2, 0) is 14.3 Å². The van der Waals surface area contributed by atoms with E-state index in [-0.39, 0.29) is 6.42 Å². The maximum absolute atomic E-state index is 13.1. The van der Waals surface area contributed by atoms with Crippen molar-refractivity contribution in [1.82, 2.24) is 5.32 Å². The number of nitrogens with zero attached hydrogens (tertiary/aromatic N) is 1. The molecule has 0 radical (unpaired) electrons. The molecule has 0 aliphatic heterocycles. The van der Waals surface area contributed by atoms with E-state index < -0.39 is 29.8 Å². The summed E-state index contributed by atoms with van der Waals surface area (Å²) in [6.45, 7) is 1.56. The number of carbonyl (C=O) groups is 2. The first-order valence-corrected chi connectivity index (χ1v) is 8.22. The molecule has 140 valence electrons. The number of ether oxygens (including phenoxy) is 2. The Morgan fingerprint density at radius 2 is 1.78 bits per heavy atom. The number of methoxy groups -OCH3 is 1. The fourth-order valence-corrected chi connectivity index (χ4v) is 2.35. The maximum Gasteiger partial charge on any atom is 0.307 e. The van der Waals surface area contributed by atoms with Crippen LogP contribution in [0, 0.1) is 17.1 Å². The maximum atomic E-state index is 13.1. The zero-order chi connectivity index (χ0) is 19.8. The summed E-state index contributed by atoms with van der Waals surface area (Å²) in [6.07, 6.45) is -0.948. The molecule has 0 saturated heterocycles. The van der Waals surface area contributed by atoms with E-state index in [1.54, 1.807) is 31.2 Å². The summed E-state index contributed by atoms with van der Waals surface area (Å²) in [6, 6.07) is 13.2. The molecule has 27 heavy (non-hydrogen) atoms. The predicted octanol–water partition coefficient (Wildman–Crippen LogP) is 2.89. The average molecular weight is 370 g/mol. The second kappa shape index (κ2) is 9.34. The molecule has 1 N–H and O–H groups in total. The van der Waals surface area contributed by atoms with Crippen LogP contribution in [0.5, 0.6) is 5.75 Å². The molecule has 6 nitrogen and oxygen atoms in total. The Labute approximate surface area is 156 Å². The van der Waals surface area contributed by atoms with Crippen molar-refractivity contribution in [3.63, 3.8) is 0 Å². The second-order valence-corrected chi connectivity index (χ2v) is 5.79. The lowest BCUT2D eigenvalue weighted by Gasteiger charge is -2.21. The molecule has 0 spiro atoms. The highest BCUT2D eigenvalue weighted by Gasteiger charge is 2.23. The monoisotopic (exact) mass is 370 g/mol. The lowest BCUT2D eigenvalue weighted by molar-refractivity contribution is -0.141. The van der Waals surface area contributed by atoms with Crippen LogP contribution < -0.4 is 10.1 Å². The molecular weight excluding hydrogens is 351 g/mol. The van der Waals surface area contributed by atoms with Crippen LogP contribution in [-0.4, -0.2) is 25.1 Å². The minimum Gasteiger partial charge on any atom is -0.481 e. The number of carbonyl (C=O) groups excluding carboxylic acids is 2. The van der Waals surface area contributed by atoms with Crippen molar-refractivity contribution in [2.75, 3.05) is 7.11 Å². The number of nitrogens with one attached hydrogen (secondary N) is 1. The first-order chi connectivity index (χ1) is 12.9. The Balaban J connectivity index is 2.07. The van der Waals surface area contributed by atoms with Crippen molar-refractivity contribution < 1.29 is 23.5 Å². The van der Waals surface area contributed by atoms with Gasteiger partial charge in [0.2, 0.25) is 0 Å². The number of hydrogen-bond donors (Lipinski definition) is 1. The van der Waals surface area contributed by atoms with Crippen LogP contribution in [0.1, 0.15) is 30.5 Å². The highest BCUT2D eigenvalue weighted by atomic mass is 19.1. The van der Waals surface area contributed by atoms with Crippen molar-refractivity contribution in [1.29, 1.82) is 5.26 Å². The number of esters is 1. The topological polar surface area (TPSA) is 88.4 Å². The van der Waals surface area contributed by atoms with Gasteiger partial charge in [-0.2, -0.15) is 5.26 Å². The molecule has 0 heterocycles. The van der Waals surface area contributed by atoms with E-state index in [0.29, 0.717) is 16.9 Å². The van der Waals surface area contributed by atoms with Gasteiger partial charge in [0, 0.05) is 0 Å². The molecule has 2 aromatic carbocycles. The van der Waals surface area contributed by atoms with Crippen molar-refractivity contribution in [2.45, 2.75) is 25.5 Å². The summed E-state index contributed by atoms with van der Waals surface area (Å²) in [7, 11) is 1.25. The number of benzene rings is 2. The molecule has 0 saturated carbocycles. The zero-order valence-corrected chi connectivity index (χ0v) is 14.9. The number of nitriles is 1. The van der Waals surface area contributed by atoms with Crippen molar-refractivity contribution in [3.05, 3.63) is 65.5 Å². The van der Waals surface area contributed by atoms with Gasteiger partial charge < -0.3 is 14.8 Å². The van der Waals surface area contributed by atoms with Crippen LogP contribution in [0.4, 0.5) is 4.39 Å². The molecule has 0 aliphatic carbocycles. The van der Waals surface area contributed by atoms with E-state index in [1.165, 1.54) is 31.4 Å². The van der Waals surface area contributed by atoms with Gasteiger partial charge in [-0.25, -0.2) is 4.39 Å². The Morgan fingerprint density at radius 1 is 1.15 bits per heavy atom. The van der Waals surface area contributed by atoms with Gasteiger partial charge in [0.1, 0.15) is 11.6 Å². The Kier molecular flexibility index (Phi) is 6.89. The third-order valence-electron chi connectivity index (χ3n) is 3.85. The van der Waals surface area contributed by atoms with Gasteiger partial charge in [0.05, 0.1) is 31.2 Å². The van der Waals surface area contributed by atoms with E-state index in [9.17, 15) is 14.0 Å². The third kappa shape index (κ3) is 5.82. The summed E-state index contributed by atoms with van der Waals surface area (Å²) < 4.78 is 23.4. The standard InChI is InChI=1S/C20H19FN2O4/c1-13(27-17-9-3-14(12-22)4-10-17)20(25)23-18(11-19(24)26-2)15-5-7-16(21)8-6-15/h3-10,13,18H,11H2,1-2H3,(H,23,25)/t13-,18-/m0/s1. The Hall–Kier alpha value is -3.40. The number of rotatable bonds is 7. The minimum absolute atomic E-state index is 0.0997. The first-order valence-electron chi connectivity index (χ1n) is 8.22. The first kappa shape index (κ1) is 19.9. The summed E-state index contributed by atoms with van der Waals surface area (Å²) in [5.74, 6) is -0.940. The summed E-state index contributed by atoms with van der Waals surface area (Å²) in [5.41, 5.74) is 1.05. The normalized spacial score (nSPS) is 12.4. The second-order valence-electron chi connectivity index (χ2n) is 5.79. The molecule has 0 aliphatic rings. The Morgan fingerprint density at radius 3 is 2.33 bits per heavy atom. The molecule has 2 rings (SSSR count). The van der Waals surface area contributed by atoms with Crippen molar-refractivity contribution in [3.8, 4) is 11.8 Å². The molecule has 0 unspecified atom stereocenters. The molecule has 2 atom stereocenters. The molecule has 0 aromatic heterocycles. The van der Waals surface area contributed by atoms with Crippen molar-refractivity contribution >= 4 is 11.9 Å². The van der Waals surface area contributed by atoms with Gasteiger partial charge >= 0.3 is 5.97 Å². The van der Waals surface area contributed by atoms with Crippen LogP contribution >= 0.6 is 0 Å². The Bertz CT molecular complexity index is 829. The minimum atomic E-state index is -0.849. The van der Waals surface area contributed by atoms with Crippen LogP contribution in [0.3, 0.4) is 0 Å². The van der Waals surface area contributed by atoms with E-state index in [1.807, 2.05) is 6.07 Å². The third-order valence-corrected chi connectivity index (χ3v) is 3.85. The molecular formula is C20H19FN2O4. The number of halogens is 1. The number of amides is 1. The van der Waals surface area contributed by atoms with Gasteiger partial charge in [0.15, 0.2) is 6.10 Å². The highest BCUT2D eigenvalue weighted by molar-refractivity contribution is 5.82. The summed E-state index contributed by atoms with van der Waals surface area (Å²) >= 11 is 0. The van der Waals surface area contributed by atoms with E-state index in [2.05, 4.69) is 10.1 Å². The van der Waals surface area contributed by atoms with E-state index >= 15 is 0 Å². The lowest BCUT2D eigenvalue weighted by atomic mass is 10.0. The fourth-order valence-electron chi connectivity index (χ4n) is 2.35. The molecule has 7 heteroatoms. The van der Waals surface area contributed by atoms with Gasteiger partial charge in [-0.15, -0.1) is 0 Å². The predicted molar refractivity (Wildman–Crippen MR) is 95.2 cm³/mol. The quantitative estimate of drug-likeness (QED) is 0.757.